The van der Waals surface area contributed by atoms with Crippen LogP contribution in [-0.2, 0) is 162 Å². The maximum absolute atomic E-state index is 13.4. The molecule has 1 atom stereocenters. The number of rotatable bonds is 65. The van der Waals surface area contributed by atoms with E-state index in [-0.39, 0.29) is 165 Å². The van der Waals surface area contributed by atoms with Crippen molar-refractivity contribution in [1.29, 1.82) is 0 Å². The molecule has 0 aromatic heterocycles. The van der Waals surface area contributed by atoms with E-state index in [1.54, 1.807) is 19.2 Å². The summed E-state index contributed by atoms with van der Waals surface area (Å²) in [6, 6.07) is 32.6. The fourth-order valence-electron chi connectivity index (χ4n) is 10.8. The van der Waals surface area contributed by atoms with E-state index in [9.17, 15) is 116 Å². The molecule has 0 spiro atoms. The van der Waals surface area contributed by atoms with Gasteiger partial charge in [0.2, 0.25) is 0 Å². The number of carbonyl (C=O) groups excluding carboxylic acids is 18. The van der Waals surface area contributed by atoms with E-state index in [4.69, 9.17) is 86.0 Å². The van der Waals surface area contributed by atoms with Gasteiger partial charge in [-0.2, -0.15) is 0 Å². The summed E-state index contributed by atoms with van der Waals surface area (Å²) in [5.41, 5.74) is 0.0195. The van der Waals surface area contributed by atoms with Crippen molar-refractivity contribution in [3.63, 3.8) is 0 Å². The van der Waals surface area contributed by atoms with E-state index in [1.165, 1.54) is 153 Å². The minimum absolute atomic E-state index is 0. The lowest BCUT2D eigenvalue weighted by atomic mass is 9.92. The molecule has 0 fully saturated rings. The number of carbonyl (C=O) groups is 22. The van der Waals surface area contributed by atoms with E-state index in [2.05, 4.69) is 9.47 Å². The van der Waals surface area contributed by atoms with Crippen LogP contribution in [0.1, 0.15) is 82.4 Å². The number of likely N-dealkylation sites (N-methyl/N-ethyl adjacent to an activating group) is 2. The Morgan fingerprint density at radius 1 is 0.263 bits per heavy atom. The monoisotopic (exact) mass is 1930 g/mol. The molecular weight excluding hydrogens is 1830 g/mol. The average molecular weight is 1930 g/mol. The topological polar surface area (TPSA) is 642 Å². The molecule has 0 aliphatic carbocycles. The number of benzene rings is 6. The molecule has 6 rings (SSSR count). The number of carboxylic acid groups (broad SMARTS) is 4. The standard InChI is InChI=1S/C57H58N4O29.C29H32N2O15.CH4/c1-58(20-47(67)68)42-10-4-39(5-11-42)54(77)84-23-51(74)88-27-57(26-87-50(73)19-18-46(66)38-2-12-44(13-3-38)60(30-80-34-62)31-81-35-63,28-89-52(75)24-85-55(78)40-6-14-43(15-7-40)59(21-48(69)70)22-49(71)72)29-90-53(76)25-86-56(79)41-8-16-45(17-9-41)61(32-82-36-64)33-83-37-65;1-30(14-25(34)35)23-6-2-21(3-7-23)28(38)45-15-26(36)43-12-10-40-11-13-44-27(37)16-46-29(39)22-4-8-24(9-5-22)31(17-41-19-32)18-42-20-33;/h2-17,34-37H,18-33H2,1H3,(H,67,68)(H,69,70)(H,71,72);2-9,19-20H,10-18H2,1H3,(H,34,35);1H4. The van der Waals surface area contributed by atoms with E-state index in [0.29, 0.717) is 28.4 Å². The van der Waals surface area contributed by atoms with Crippen molar-refractivity contribution in [1.82, 2.24) is 0 Å². The molecule has 0 amide bonds. The lowest BCUT2D eigenvalue weighted by Gasteiger charge is -2.31. The molecule has 0 radical (unpaired) electrons. The number of aliphatic carboxylic acids is 4. The number of ether oxygens (including phenoxy) is 18. The van der Waals surface area contributed by atoms with Crippen molar-refractivity contribution in [3.8, 4) is 0 Å². The summed E-state index contributed by atoms with van der Waals surface area (Å²) in [4.78, 5) is 270. The lowest BCUT2D eigenvalue weighted by Crippen LogP contribution is -2.44. The third-order valence-electron chi connectivity index (χ3n) is 17.5. The highest BCUT2D eigenvalue weighted by molar-refractivity contribution is 5.98. The predicted molar refractivity (Wildman–Crippen MR) is 458 cm³/mol. The van der Waals surface area contributed by atoms with Crippen molar-refractivity contribution in [2.24, 2.45) is 5.41 Å². The van der Waals surface area contributed by atoms with Crippen LogP contribution in [-0.4, -0.2) is 321 Å². The number of Topliss-reactive ketones (excluding diaryl/α,β-unsaturated/α-hetero) is 1. The number of carboxylic acids is 4. The van der Waals surface area contributed by atoms with Gasteiger partial charge in [-0.05, 0) is 146 Å². The Morgan fingerprint density at radius 3 is 0.723 bits per heavy atom. The molecule has 736 valence electrons. The maximum atomic E-state index is 13.4. The Balaban J connectivity index is 0.000000699. The molecule has 6 aromatic rings. The second kappa shape index (κ2) is 61.3. The second-order valence-corrected chi connectivity index (χ2v) is 27.4. The highest BCUT2D eigenvalue weighted by atomic mass is 16.6. The molecule has 50 heteroatoms. The Kier molecular flexibility index (Phi) is 50.1. The van der Waals surface area contributed by atoms with Crippen LogP contribution < -0.4 is 29.4 Å². The van der Waals surface area contributed by atoms with Gasteiger partial charge in [0.1, 0.15) is 71.2 Å². The molecule has 4 N–H and O–H groups in total. The zero-order valence-corrected chi connectivity index (χ0v) is 72.3. The summed E-state index contributed by atoms with van der Waals surface area (Å²) in [6.45, 7) is -11.7. The van der Waals surface area contributed by atoms with Crippen LogP contribution in [0.2, 0.25) is 0 Å². The van der Waals surface area contributed by atoms with E-state index >= 15 is 0 Å². The minimum atomic E-state index is -2.16. The van der Waals surface area contributed by atoms with Gasteiger partial charge >= 0.3 is 89.5 Å². The van der Waals surface area contributed by atoms with Gasteiger partial charge in [0.15, 0.2) is 79.2 Å². The van der Waals surface area contributed by atoms with Gasteiger partial charge in [0.05, 0.1) is 47.5 Å². The van der Waals surface area contributed by atoms with Crippen LogP contribution >= 0.6 is 0 Å². The quantitative estimate of drug-likeness (QED) is 0.0106. The Bertz CT molecular complexity index is 4880. The third kappa shape index (κ3) is 42.6. The van der Waals surface area contributed by atoms with Gasteiger partial charge in [0, 0.05) is 60.2 Å². The maximum Gasteiger partial charge on any atom is 0.344 e. The first kappa shape index (κ1) is 112. The first-order chi connectivity index (χ1) is 65.2. The van der Waals surface area contributed by atoms with Crippen LogP contribution in [0.25, 0.3) is 0 Å². The van der Waals surface area contributed by atoms with Gasteiger partial charge in [-0.25, -0.2) is 47.9 Å². The SMILES string of the molecule is C.CN(CC(=O)O)c1ccc(C(=O)OCC(=O)OCC(COC(=O)CCC(=O)c2ccc(N(COC=O)COC=O)cc2)(COC(=O)COC(=O)c2ccc(N(COC=O)COC=O)cc2)COC(=O)COC(=O)c2ccc(N(CC(=O)O)CC(=O)O)cc2)cc1.CN(CC(=O)O)c1ccc(C(=O)OCC(=O)OCCOCCOC(=O)COC(=O)c2ccc(N(COC=O)COC=O)cc2)cc1. The average Bonchev–Trinajstić information content (AvgIpc) is 0.872. The molecule has 0 heterocycles. The Labute approximate surface area is 777 Å². The molecule has 50 nitrogen and oxygen atoms in total. The van der Waals surface area contributed by atoms with Crippen LogP contribution in [0.3, 0.4) is 0 Å². The molecule has 137 heavy (non-hydrogen) atoms. The number of hydrogen-bond acceptors (Lipinski definition) is 46. The zero-order valence-electron chi connectivity index (χ0n) is 72.3. The fourth-order valence-corrected chi connectivity index (χ4v) is 10.8. The van der Waals surface area contributed by atoms with Gasteiger partial charge in [0.25, 0.3) is 38.8 Å². The predicted octanol–water partition coefficient (Wildman–Crippen LogP) is 2.04. The summed E-state index contributed by atoms with van der Waals surface area (Å²) < 4.78 is 90.0. The van der Waals surface area contributed by atoms with Crippen molar-refractivity contribution < 1.29 is 211 Å². The molecule has 0 bridgehead atoms. The second-order valence-electron chi connectivity index (χ2n) is 27.4. The van der Waals surface area contributed by atoms with Gasteiger partial charge in [-0.3, -0.25) is 57.5 Å². The van der Waals surface area contributed by atoms with Crippen molar-refractivity contribution in [2.75, 3.05) is 196 Å². The molecule has 0 aliphatic rings. The number of hydrogen-bond donors (Lipinski definition) is 4. The van der Waals surface area contributed by atoms with E-state index in [1.807, 2.05) is 0 Å². The Hall–Kier alpha value is -17.4. The molecule has 0 aliphatic heterocycles. The van der Waals surface area contributed by atoms with Gasteiger partial charge in [-0.15, -0.1) is 0 Å². The molecular formula is C87H94N6O44. The molecule has 0 saturated heterocycles. The first-order valence-electron chi connectivity index (χ1n) is 39.3. The van der Waals surface area contributed by atoms with Crippen LogP contribution in [0, 0.1) is 5.41 Å². The van der Waals surface area contributed by atoms with Gasteiger partial charge < -0.3 is 135 Å². The highest BCUT2D eigenvalue weighted by Gasteiger charge is 2.39. The smallest absolute Gasteiger partial charge is 0.344 e. The number of nitrogens with zero attached hydrogens (tertiary/aromatic N) is 6. The first-order valence-corrected chi connectivity index (χ1v) is 39.3. The number of esters is 11. The summed E-state index contributed by atoms with van der Waals surface area (Å²) in [7, 11) is 3.07. The number of anilines is 6. The molecule has 0 saturated carbocycles. The third-order valence-corrected chi connectivity index (χ3v) is 17.5. The summed E-state index contributed by atoms with van der Waals surface area (Å²) >= 11 is 0. The van der Waals surface area contributed by atoms with Crippen LogP contribution in [0.15, 0.2) is 146 Å². The summed E-state index contributed by atoms with van der Waals surface area (Å²) in [6.07, 6.45) is -1.12. The normalized spacial score (nSPS) is 10.6. The number of ketones is 1. The Morgan fingerprint density at radius 2 is 0.482 bits per heavy atom. The van der Waals surface area contributed by atoms with Crippen molar-refractivity contribution >= 4 is 168 Å². The van der Waals surface area contributed by atoms with E-state index < -0.39 is 186 Å². The zero-order chi connectivity index (χ0) is 99.7. The van der Waals surface area contributed by atoms with Crippen molar-refractivity contribution in [3.05, 3.63) is 179 Å². The van der Waals surface area contributed by atoms with Crippen LogP contribution in [0.4, 0.5) is 34.1 Å². The van der Waals surface area contributed by atoms with Crippen molar-refractivity contribution in [2.45, 2.75) is 20.3 Å². The van der Waals surface area contributed by atoms with E-state index in [0.717, 1.165) is 17.0 Å². The van der Waals surface area contributed by atoms with Gasteiger partial charge in [-0.1, -0.05) is 7.43 Å². The van der Waals surface area contributed by atoms with Crippen LogP contribution in [0.5, 0.6) is 0 Å². The highest BCUT2D eigenvalue weighted by Crippen LogP contribution is 2.26. The summed E-state index contributed by atoms with van der Waals surface area (Å²) in [5, 5.41) is 36.4. The minimum Gasteiger partial charge on any atom is -0.480 e. The largest absolute Gasteiger partial charge is 0.480 e. The molecule has 6 aromatic carbocycles. The fraction of sp³-hybridized carbons (Fsp3) is 0.333. The summed E-state index contributed by atoms with van der Waals surface area (Å²) in [5.74, 6) is -16.9. The lowest BCUT2D eigenvalue weighted by molar-refractivity contribution is -0.174. The molecule has 1 unspecified atom stereocenters.